The fraction of sp³-hybridized carbons (Fsp3) is 0.222. The van der Waals surface area contributed by atoms with E-state index in [9.17, 15) is 9.59 Å². The summed E-state index contributed by atoms with van der Waals surface area (Å²) in [6, 6.07) is 13.9. The van der Waals surface area contributed by atoms with Gasteiger partial charge in [0.1, 0.15) is 0 Å². The molecule has 0 saturated heterocycles. The van der Waals surface area contributed by atoms with Gasteiger partial charge in [-0.1, -0.05) is 30.3 Å². The number of amides is 2. The molecule has 0 fully saturated rings. The quantitative estimate of drug-likeness (QED) is 0.461. The van der Waals surface area contributed by atoms with Gasteiger partial charge in [-0.05, 0) is 53.6 Å². The maximum absolute atomic E-state index is 11.6. The van der Waals surface area contributed by atoms with Crippen LogP contribution in [0.5, 0.6) is 0 Å². The topological polar surface area (TPSA) is 78.4 Å². The molecule has 0 saturated carbocycles. The largest absolute Gasteiger partial charge is 0.329 e. The molecular formula is C18H18N2O3. The molecule has 0 bridgehead atoms. The summed E-state index contributed by atoms with van der Waals surface area (Å²) >= 11 is 0. The molecular weight excluding hydrogens is 292 g/mol. The molecule has 2 aromatic rings. The molecule has 2 aromatic carbocycles. The van der Waals surface area contributed by atoms with Crippen LogP contribution in [0.15, 0.2) is 42.5 Å². The third-order valence-corrected chi connectivity index (χ3v) is 4.34. The number of nitrogens with one attached hydrogen (secondary N) is 2. The van der Waals surface area contributed by atoms with Crippen molar-refractivity contribution in [3.05, 3.63) is 53.6 Å². The minimum absolute atomic E-state index is 0.168. The molecule has 0 spiro atoms. The average molecular weight is 310 g/mol. The summed E-state index contributed by atoms with van der Waals surface area (Å²) in [6.45, 7) is 0. The van der Waals surface area contributed by atoms with E-state index in [0.717, 1.165) is 35.2 Å². The van der Waals surface area contributed by atoms with Crippen LogP contribution in [-0.2, 0) is 22.4 Å². The Bertz CT molecular complexity index is 743. The second kappa shape index (κ2) is 6.62. The minimum atomic E-state index is -0.313. The highest BCUT2D eigenvalue weighted by atomic mass is 16.5. The smallest absolute Gasteiger partial charge is 0.246 e. The fourth-order valence-electron chi connectivity index (χ4n) is 3.11. The number of hydrogen-bond donors (Lipinski definition) is 3. The van der Waals surface area contributed by atoms with Crippen LogP contribution in [0.3, 0.4) is 0 Å². The number of carbonyl (C=O) groups excluding carboxylic acids is 2. The van der Waals surface area contributed by atoms with Gasteiger partial charge in [-0.3, -0.25) is 14.8 Å². The Morgan fingerprint density at radius 1 is 1.13 bits per heavy atom. The van der Waals surface area contributed by atoms with Gasteiger partial charge >= 0.3 is 0 Å². The lowest BCUT2D eigenvalue weighted by atomic mass is 9.82. The van der Waals surface area contributed by atoms with Crippen LogP contribution < -0.4 is 10.8 Å². The Hall–Kier alpha value is -2.66. The Labute approximate surface area is 134 Å². The Morgan fingerprint density at radius 2 is 1.96 bits per heavy atom. The van der Waals surface area contributed by atoms with Crippen LogP contribution in [-0.4, -0.2) is 17.5 Å². The summed E-state index contributed by atoms with van der Waals surface area (Å²) < 4.78 is 0. The average Bonchev–Trinajstić information content (AvgIpc) is 2.60. The summed E-state index contributed by atoms with van der Waals surface area (Å²) in [4.78, 5) is 22.1. The van der Waals surface area contributed by atoms with Crippen LogP contribution in [0.2, 0.25) is 0 Å². The monoisotopic (exact) mass is 310 g/mol. The highest BCUT2D eigenvalue weighted by Gasteiger charge is 2.24. The zero-order valence-corrected chi connectivity index (χ0v) is 12.6. The number of hydroxylamine groups is 1. The Morgan fingerprint density at radius 3 is 2.74 bits per heavy atom. The standard InChI is InChI=1S/C18H18N2O3/c21-11-19-17-3-1-2-12(10-17)13-4-5-15-9-16(18(22)20-23)7-6-14(15)8-13/h1-5,8,10-11,16,23H,6-7,9H2,(H,19,21)(H,20,22). The normalized spacial score (nSPS) is 16.3. The number of anilines is 1. The molecule has 3 rings (SSSR count). The number of fused-ring (bicyclic) bond motifs is 1. The van der Waals surface area contributed by atoms with Crippen LogP contribution in [0.1, 0.15) is 17.5 Å². The van der Waals surface area contributed by atoms with Gasteiger partial charge in [0.15, 0.2) is 0 Å². The molecule has 0 radical (unpaired) electrons. The summed E-state index contributed by atoms with van der Waals surface area (Å²) in [5.41, 5.74) is 7.01. The van der Waals surface area contributed by atoms with Crippen LogP contribution in [0.25, 0.3) is 11.1 Å². The van der Waals surface area contributed by atoms with E-state index < -0.39 is 0 Å². The molecule has 3 N–H and O–H groups in total. The van der Waals surface area contributed by atoms with Gasteiger partial charge in [0, 0.05) is 11.6 Å². The van der Waals surface area contributed by atoms with Crippen molar-refractivity contribution in [3.63, 3.8) is 0 Å². The molecule has 118 valence electrons. The molecule has 5 nitrogen and oxygen atoms in total. The van der Waals surface area contributed by atoms with Crippen molar-refractivity contribution < 1.29 is 14.8 Å². The van der Waals surface area contributed by atoms with Crippen molar-refractivity contribution in [2.45, 2.75) is 19.3 Å². The highest BCUT2D eigenvalue weighted by Crippen LogP contribution is 2.30. The Balaban J connectivity index is 1.86. The van der Waals surface area contributed by atoms with E-state index in [4.69, 9.17) is 5.21 Å². The predicted octanol–water partition coefficient (Wildman–Crippen LogP) is 2.53. The van der Waals surface area contributed by atoms with E-state index in [1.807, 2.05) is 36.4 Å². The number of rotatable bonds is 4. The summed E-state index contributed by atoms with van der Waals surface area (Å²) in [5.74, 6) is -0.481. The van der Waals surface area contributed by atoms with Crippen LogP contribution in [0, 0.1) is 5.92 Å². The molecule has 5 heteroatoms. The van der Waals surface area contributed by atoms with Crippen molar-refractivity contribution in [2.75, 3.05) is 5.32 Å². The lowest BCUT2D eigenvalue weighted by Crippen LogP contribution is -2.31. The third kappa shape index (κ3) is 3.24. The molecule has 0 aliphatic heterocycles. The molecule has 1 atom stereocenters. The number of carbonyl (C=O) groups is 2. The van der Waals surface area contributed by atoms with Crippen molar-refractivity contribution in [1.82, 2.24) is 5.48 Å². The van der Waals surface area contributed by atoms with E-state index in [2.05, 4.69) is 11.4 Å². The zero-order chi connectivity index (χ0) is 16.2. The molecule has 1 unspecified atom stereocenters. The second-order valence-electron chi connectivity index (χ2n) is 5.74. The maximum atomic E-state index is 11.6. The van der Waals surface area contributed by atoms with Crippen molar-refractivity contribution in [1.29, 1.82) is 0 Å². The van der Waals surface area contributed by atoms with E-state index in [1.165, 1.54) is 5.56 Å². The SMILES string of the molecule is O=CNc1cccc(-c2ccc3c(c2)CCC(C(=O)NO)C3)c1. The van der Waals surface area contributed by atoms with E-state index >= 15 is 0 Å². The van der Waals surface area contributed by atoms with Gasteiger partial charge in [-0.2, -0.15) is 0 Å². The Kier molecular flexibility index (Phi) is 4.39. The first-order chi connectivity index (χ1) is 11.2. The van der Waals surface area contributed by atoms with Gasteiger partial charge in [-0.15, -0.1) is 0 Å². The van der Waals surface area contributed by atoms with Gasteiger partial charge < -0.3 is 5.32 Å². The van der Waals surface area contributed by atoms with Crippen LogP contribution in [0.4, 0.5) is 5.69 Å². The molecule has 1 aliphatic rings. The van der Waals surface area contributed by atoms with Gasteiger partial charge in [0.25, 0.3) is 0 Å². The number of aryl methyl sites for hydroxylation is 1. The number of benzene rings is 2. The molecule has 1 aliphatic carbocycles. The van der Waals surface area contributed by atoms with Crippen molar-refractivity contribution in [2.24, 2.45) is 5.92 Å². The molecule has 23 heavy (non-hydrogen) atoms. The zero-order valence-electron chi connectivity index (χ0n) is 12.6. The molecule has 0 aromatic heterocycles. The van der Waals surface area contributed by atoms with E-state index in [-0.39, 0.29) is 11.8 Å². The first-order valence-electron chi connectivity index (χ1n) is 7.57. The second-order valence-corrected chi connectivity index (χ2v) is 5.74. The molecule has 0 heterocycles. The fourth-order valence-corrected chi connectivity index (χ4v) is 3.11. The molecule has 2 amide bonds. The first kappa shape index (κ1) is 15.2. The summed E-state index contributed by atoms with van der Waals surface area (Å²) in [6.07, 6.45) is 2.86. The van der Waals surface area contributed by atoms with E-state index in [0.29, 0.717) is 12.8 Å². The highest BCUT2D eigenvalue weighted by molar-refractivity contribution is 5.79. The third-order valence-electron chi connectivity index (χ3n) is 4.34. The van der Waals surface area contributed by atoms with Crippen molar-refractivity contribution >= 4 is 18.0 Å². The van der Waals surface area contributed by atoms with Gasteiger partial charge in [0.05, 0.1) is 0 Å². The predicted molar refractivity (Wildman–Crippen MR) is 87.0 cm³/mol. The lowest BCUT2D eigenvalue weighted by Gasteiger charge is -2.23. The van der Waals surface area contributed by atoms with Crippen molar-refractivity contribution in [3.8, 4) is 11.1 Å². The van der Waals surface area contributed by atoms with Gasteiger partial charge in [-0.25, -0.2) is 5.48 Å². The van der Waals surface area contributed by atoms with Crippen LogP contribution >= 0.6 is 0 Å². The minimum Gasteiger partial charge on any atom is -0.329 e. The maximum Gasteiger partial charge on any atom is 0.246 e. The number of hydrogen-bond acceptors (Lipinski definition) is 3. The van der Waals surface area contributed by atoms with Gasteiger partial charge in [0.2, 0.25) is 12.3 Å². The first-order valence-corrected chi connectivity index (χ1v) is 7.57. The van der Waals surface area contributed by atoms with E-state index in [1.54, 1.807) is 5.48 Å². The summed E-state index contributed by atoms with van der Waals surface area (Å²) in [7, 11) is 0. The lowest BCUT2D eigenvalue weighted by molar-refractivity contribution is -0.133. The summed E-state index contributed by atoms with van der Waals surface area (Å²) in [5, 5.41) is 11.4.